The van der Waals surface area contributed by atoms with Crippen LogP contribution in [0, 0.1) is 6.92 Å². The first-order chi connectivity index (χ1) is 11.6. The van der Waals surface area contributed by atoms with Gasteiger partial charge in [-0.2, -0.15) is 0 Å². The molecule has 0 aliphatic carbocycles. The van der Waals surface area contributed by atoms with Gasteiger partial charge in [-0.3, -0.25) is 9.20 Å². The minimum atomic E-state index is -0.0618. The van der Waals surface area contributed by atoms with Crippen molar-refractivity contribution in [1.82, 2.24) is 14.3 Å². The fraction of sp³-hybridized carbons (Fsp3) is 0.444. The normalized spacial score (nSPS) is 21.5. The Kier molecular flexibility index (Phi) is 3.96. The molecule has 1 unspecified atom stereocenters. The number of fused-ring (bicyclic) bond motifs is 1. The number of hydrogen-bond donors (Lipinski definition) is 0. The van der Waals surface area contributed by atoms with Crippen LogP contribution in [0.1, 0.15) is 36.2 Å². The molecule has 0 N–H and O–H groups in total. The molecule has 1 amide bonds. The Bertz CT molecular complexity index is 864. The molecule has 0 bridgehead atoms. The van der Waals surface area contributed by atoms with Gasteiger partial charge in [0.2, 0.25) is 5.91 Å². The van der Waals surface area contributed by atoms with Crippen molar-refractivity contribution in [3.63, 3.8) is 0 Å². The van der Waals surface area contributed by atoms with Gasteiger partial charge in [-0.15, -0.1) is 22.7 Å². The molecule has 3 aromatic rings. The summed E-state index contributed by atoms with van der Waals surface area (Å²) in [6.07, 6.45) is 4.72. The molecule has 1 saturated heterocycles. The van der Waals surface area contributed by atoms with E-state index in [1.54, 1.807) is 22.7 Å². The van der Waals surface area contributed by atoms with Crippen LogP contribution in [-0.2, 0) is 16.6 Å². The average molecular weight is 360 g/mol. The summed E-state index contributed by atoms with van der Waals surface area (Å²) in [5.74, 6) is 1.27. The summed E-state index contributed by atoms with van der Waals surface area (Å²) in [6, 6.07) is 4.05. The molecule has 0 radical (unpaired) electrons. The summed E-state index contributed by atoms with van der Waals surface area (Å²) in [7, 11) is 0. The van der Waals surface area contributed by atoms with Crippen molar-refractivity contribution in [3.05, 3.63) is 45.5 Å². The number of imidazole rings is 1. The largest absolute Gasteiger partial charge is 0.341 e. The first-order valence-corrected chi connectivity index (χ1v) is 10.1. The molecule has 0 aromatic carbocycles. The molecule has 4 rings (SSSR count). The zero-order valence-corrected chi connectivity index (χ0v) is 15.6. The second-order valence-corrected chi connectivity index (χ2v) is 8.75. The number of aromatic nitrogens is 2. The van der Waals surface area contributed by atoms with Gasteiger partial charge < -0.3 is 4.90 Å². The lowest BCUT2D eigenvalue weighted by atomic mass is 9.79. The number of carbonyl (C=O) groups excluding carboxylic acids is 1. The van der Waals surface area contributed by atoms with Crippen LogP contribution in [-0.4, -0.2) is 33.3 Å². The highest BCUT2D eigenvalue weighted by molar-refractivity contribution is 7.15. The van der Waals surface area contributed by atoms with Gasteiger partial charge in [0.05, 0.1) is 12.1 Å². The fourth-order valence-corrected chi connectivity index (χ4v) is 5.40. The van der Waals surface area contributed by atoms with Gasteiger partial charge in [-0.05, 0) is 31.2 Å². The summed E-state index contributed by atoms with van der Waals surface area (Å²) in [5.41, 5.74) is 1.09. The Morgan fingerprint density at radius 3 is 3.04 bits per heavy atom. The van der Waals surface area contributed by atoms with E-state index in [1.807, 2.05) is 22.4 Å². The van der Waals surface area contributed by atoms with Crippen LogP contribution in [0.15, 0.2) is 29.1 Å². The van der Waals surface area contributed by atoms with E-state index in [1.165, 1.54) is 4.83 Å². The number of piperidine rings is 1. The maximum absolute atomic E-state index is 12.7. The highest BCUT2D eigenvalue weighted by Crippen LogP contribution is 2.37. The van der Waals surface area contributed by atoms with E-state index in [9.17, 15) is 4.79 Å². The van der Waals surface area contributed by atoms with E-state index in [0.717, 1.165) is 42.3 Å². The lowest BCUT2D eigenvalue weighted by Crippen LogP contribution is -2.47. The molecule has 0 saturated carbocycles. The Morgan fingerprint density at radius 1 is 1.38 bits per heavy atom. The summed E-state index contributed by atoms with van der Waals surface area (Å²) in [6.45, 7) is 5.94. The van der Waals surface area contributed by atoms with Crippen molar-refractivity contribution < 1.29 is 4.79 Å². The minimum Gasteiger partial charge on any atom is -0.341 e. The SMILES string of the molecule is Cc1nc(C2(C)CCCN(C(=O)Cc3cccs3)C2)c2sccn12. The minimum absolute atomic E-state index is 0.0618. The maximum atomic E-state index is 12.7. The summed E-state index contributed by atoms with van der Waals surface area (Å²) >= 11 is 3.40. The number of amides is 1. The van der Waals surface area contributed by atoms with Crippen LogP contribution in [0.3, 0.4) is 0 Å². The number of likely N-dealkylation sites (tertiary alicyclic amines) is 1. The number of carbonyl (C=O) groups is 1. The number of thiophene rings is 1. The van der Waals surface area contributed by atoms with Crippen LogP contribution < -0.4 is 0 Å². The van der Waals surface area contributed by atoms with Crippen molar-refractivity contribution in [2.45, 2.75) is 38.5 Å². The Labute approximate surface area is 149 Å². The Morgan fingerprint density at radius 2 is 2.25 bits per heavy atom. The van der Waals surface area contributed by atoms with E-state index in [2.05, 4.69) is 29.8 Å². The predicted octanol–water partition coefficient (Wildman–Crippen LogP) is 3.89. The van der Waals surface area contributed by atoms with Crippen molar-refractivity contribution in [2.24, 2.45) is 0 Å². The van der Waals surface area contributed by atoms with E-state index < -0.39 is 0 Å². The van der Waals surface area contributed by atoms with Crippen molar-refractivity contribution in [2.75, 3.05) is 13.1 Å². The van der Waals surface area contributed by atoms with Crippen molar-refractivity contribution in [3.8, 4) is 0 Å². The molecule has 1 aliphatic rings. The number of aryl methyl sites for hydroxylation is 1. The molecule has 1 atom stereocenters. The number of thiazole rings is 1. The van der Waals surface area contributed by atoms with Gasteiger partial charge in [0.15, 0.2) is 0 Å². The van der Waals surface area contributed by atoms with Gasteiger partial charge in [-0.25, -0.2) is 4.98 Å². The first-order valence-electron chi connectivity index (χ1n) is 8.30. The van der Waals surface area contributed by atoms with E-state index >= 15 is 0 Å². The number of rotatable bonds is 3. The second kappa shape index (κ2) is 6.01. The lowest BCUT2D eigenvalue weighted by molar-refractivity contribution is -0.132. The molecule has 24 heavy (non-hydrogen) atoms. The van der Waals surface area contributed by atoms with Gasteiger partial charge in [0, 0.05) is 35.0 Å². The van der Waals surface area contributed by atoms with E-state index in [-0.39, 0.29) is 11.3 Å². The molecule has 126 valence electrons. The highest BCUT2D eigenvalue weighted by atomic mass is 32.1. The molecule has 1 fully saturated rings. The first kappa shape index (κ1) is 15.8. The number of hydrogen-bond acceptors (Lipinski definition) is 4. The second-order valence-electron chi connectivity index (χ2n) is 6.82. The molecule has 3 aromatic heterocycles. The third kappa shape index (κ3) is 2.67. The summed E-state index contributed by atoms with van der Waals surface area (Å²) < 4.78 is 2.16. The maximum Gasteiger partial charge on any atom is 0.227 e. The van der Waals surface area contributed by atoms with Gasteiger partial charge in [-0.1, -0.05) is 13.0 Å². The Hall–Kier alpha value is -1.66. The van der Waals surface area contributed by atoms with Crippen LogP contribution in [0.25, 0.3) is 4.83 Å². The van der Waals surface area contributed by atoms with E-state index in [0.29, 0.717) is 6.42 Å². The van der Waals surface area contributed by atoms with Gasteiger partial charge in [0.25, 0.3) is 0 Å². The van der Waals surface area contributed by atoms with Crippen molar-refractivity contribution in [1.29, 1.82) is 0 Å². The molecule has 4 nitrogen and oxygen atoms in total. The van der Waals surface area contributed by atoms with Gasteiger partial charge >= 0.3 is 0 Å². The molecular formula is C18H21N3OS2. The third-order valence-corrected chi connectivity index (χ3v) is 6.71. The summed E-state index contributed by atoms with van der Waals surface area (Å²) in [4.78, 5) is 22.0. The average Bonchev–Trinajstić information content (AvgIpc) is 3.27. The third-order valence-electron chi connectivity index (χ3n) is 4.96. The molecule has 1 aliphatic heterocycles. The standard InChI is InChI=1S/C18H21N3OS2/c1-13-19-16(17-21(13)8-10-24-17)18(2)6-4-7-20(12-18)15(22)11-14-5-3-9-23-14/h3,5,8-10H,4,6-7,11-12H2,1-2H3. The highest BCUT2D eigenvalue weighted by Gasteiger charge is 2.38. The van der Waals surface area contributed by atoms with E-state index in [4.69, 9.17) is 4.98 Å². The zero-order valence-electron chi connectivity index (χ0n) is 14.0. The van der Waals surface area contributed by atoms with Gasteiger partial charge in [0.1, 0.15) is 10.7 Å². The predicted molar refractivity (Wildman–Crippen MR) is 99.0 cm³/mol. The van der Waals surface area contributed by atoms with Crippen LogP contribution in [0.4, 0.5) is 0 Å². The van der Waals surface area contributed by atoms with Crippen molar-refractivity contribution >= 4 is 33.4 Å². The summed E-state index contributed by atoms with van der Waals surface area (Å²) in [5, 5.41) is 4.14. The monoisotopic (exact) mass is 359 g/mol. The zero-order chi connectivity index (χ0) is 16.7. The molecule has 0 spiro atoms. The van der Waals surface area contributed by atoms with Crippen LogP contribution in [0.5, 0.6) is 0 Å². The smallest absolute Gasteiger partial charge is 0.227 e. The molecular weight excluding hydrogens is 338 g/mol. The molecule has 4 heterocycles. The quantitative estimate of drug-likeness (QED) is 0.711. The lowest BCUT2D eigenvalue weighted by Gasteiger charge is -2.39. The fourth-order valence-electron chi connectivity index (χ4n) is 3.68. The molecule has 6 heteroatoms. The number of nitrogens with zero attached hydrogens (tertiary/aromatic N) is 3. The van der Waals surface area contributed by atoms with Crippen LogP contribution in [0.2, 0.25) is 0 Å². The Balaban J connectivity index is 1.59. The topological polar surface area (TPSA) is 37.6 Å². The van der Waals surface area contributed by atoms with Crippen LogP contribution >= 0.6 is 22.7 Å².